The van der Waals surface area contributed by atoms with Crippen LogP contribution in [0.15, 0.2) is 6.07 Å². The molecule has 4 rings (SSSR count). The van der Waals surface area contributed by atoms with Gasteiger partial charge in [-0.2, -0.15) is 0 Å². The molecule has 0 aromatic heterocycles. The van der Waals surface area contributed by atoms with Gasteiger partial charge >= 0.3 is 6.03 Å². The second kappa shape index (κ2) is 8.43. The number of sulfonamides is 1. The first-order valence-corrected chi connectivity index (χ1v) is 14.5. The van der Waals surface area contributed by atoms with Crippen molar-refractivity contribution in [1.82, 2.24) is 9.62 Å². The van der Waals surface area contributed by atoms with E-state index in [9.17, 15) is 17.4 Å². The first-order chi connectivity index (χ1) is 13.8. The van der Waals surface area contributed by atoms with E-state index in [4.69, 9.17) is 0 Å². The smallest absolute Gasteiger partial charge is 0.307 e. The van der Waals surface area contributed by atoms with Crippen molar-refractivity contribution in [2.75, 3.05) is 30.4 Å². The highest BCUT2D eigenvalue weighted by atomic mass is 127. The Hall–Kier alpha value is -0.720. The van der Waals surface area contributed by atoms with Crippen LogP contribution in [0.2, 0.25) is 0 Å². The van der Waals surface area contributed by atoms with Crippen molar-refractivity contribution in [2.24, 2.45) is 0 Å². The number of aryl methyl sites for hydroxylation is 2. The molecule has 7 nitrogen and oxygen atoms in total. The number of anilines is 1. The summed E-state index contributed by atoms with van der Waals surface area (Å²) in [6.07, 6.45) is 7.68. The molecule has 2 amide bonds. The molecule has 0 saturated carbocycles. The molecule has 3 aliphatic rings. The van der Waals surface area contributed by atoms with E-state index in [0.717, 1.165) is 44.2 Å². The minimum atomic E-state index is -3.78. The summed E-state index contributed by atoms with van der Waals surface area (Å²) in [5.41, 5.74) is 5.77. The zero-order valence-corrected chi connectivity index (χ0v) is 20.2. The molecular formula is C19H26IN3O4S2. The SMILES string of the molecule is CS(=O)CCN1CC(S(=O)(=O)NC(=O)Nc2c3c(cc4c2CCC4)CCC3)C1I. The molecule has 0 bridgehead atoms. The number of alkyl halides is 1. The summed E-state index contributed by atoms with van der Waals surface area (Å²) in [4.78, 5) is 14.6. The molecule has 2 aliphatic carbocycles. The van der Waals surface area contributed by atoms with Crippen LogP contribution in [-0.4, -0.2) is 58.0 Å². The third-order valence-electron chi connectivity index (χ3n) is 6.08. The Bertz CT molecular complexity index is 934. The van der Waals surface area contributed by atoms with E-state index < -0.39 is 32.1 Å². The third kappa shape index (κ3) is 4.35. The molecule has 2 N–H and O–H groups in total. The topological polar surface area (TPSA) is 95.6 Å². The zero-order valence-electron chi connectivity index (χ0n) is 16.4. The van der Waals surface area contributed by atoms with Crippen molar-refractivity contribution in [3.63, 3.8) is 0 Å². The number of amides is 2. The summed E-state index contributed by atoms with van der Waals surface area (Å²) >= 11 is 2.08. The molecule has 1 aromatic carbocycles. The van der Waals surface area contributed by atoms with E-state index in [1.165, 1.54) is 22.3 Å². The lowest BCUT2D eigenvalue weighted by Gasteiger charge is -2.43. The number of hydrogen-bond donors (Lipinski definition) is 2. The van der Waals surface area contributed by atoms with Gasteiger partial charge in [-0.1, -0.05) is 28.7 Å². The Balaban J connectivity index is 1.43. The molecular weight excluding hydrogens is 525 g/mol. The van der Waals surface area contributed by atoms with E-state index in [-0.39, 0.29) is 4.05 Å². The van der Waals surface area contributed by atoms with E-state index in [1.54, 1.807) is 6.26 Å². The molecule has 1 aliphatic heterocycles. The first-order valence-electron chi connectivity index (χ1n) is 9.93. The average molecular weight is 551 g/mol. The van der Waals surface area contributed by atoms with E-state index >= 15 is 0 Å². The number of halogens is 1. The third-order valence-corrected chi connectivity index (χ3v) is 10.7. The fourth-order valence-corrected chi connectivity index (χ4v) is 8.23. The fourth-order valence-electron chi connectivity index (χ4n) is 4.53. The number of benzene rings is 1. The monoisotopic (exact) mass is 551 g/mol. The Morgan fingerprint density at radius 2 is 1.83 bits per heavy atom. The van der Waals surface area contributed by atoms with Crippen LogP contribution in [-0.2, 0) is 46.5 Å². The highest BCUT2D eigenvalue weighted by Crippen LogP contribution is 2.38. The number of likely N-dealkylation sites (tertiary alicyclic amines) is 1. The second-order valence-corrected chi connectivity index (χ2v) is 12.7. The van der Waals surface area contributed by atoms with E-state index in [0.29, 0.717) is 18.8 Å². The molecule has 29 heavy (non-hydrogen) atoms. The predicted molar refractivity (Wildman–Crippen MR) is 124 cm³/mol. The lowest BCUT2D eigenvalue weighted by atomic mass is 9.99. The molecule has 0 radical (unpaired) electrons. The summed E-state index contributed by atoms with van der Waals surface area (Å²) in [5.74, 6) is 0.518. The number of carbonyl (C=O) groups is 1. The quantitative estimate of drug-likeness (QED) is 0.320. The molecule has 1 heterocycles. The number of nitrogens with one attached hydrogen (secondary N) is 2. The van der Waals surface area contributed by atoms with Gasteiger partial charge in [0.25, 0.3) is 0 Å². The average Bonchev–Trinajstić information content (AvgIpc) is 3.28. The fraction of sp³-hybridized carbons (Fsp3) is 0.632. The normalized spacial score (nSPS) is 24.5. The lowest BCUT2D eigenvalue weighted by molar-refractivity contribution is 0.181. The van der Waals surface area contributed by atoms with E-state index in [2.05, 4.69) is 38.7 Å². The molecule has 3 atom stereocenters. The van der Waals surface area contributed by atoms with Crippen molar-refractivity contribution in [3.05, 3.63) is 28.3 Å². The molecule has 0 spiro atoms. The summed E-state index contributed by atoms with van der Waals surface area (Å²) in [6, 6.07) is 1.60. The maximum atomic E-state index is 12.7. The van der Waals surface area contributed by atoms with Gasteiger partial charge in [-0.05, 0) is 60.8 Å². The minimum absolute atomic E-state index is 0.230. The Kier molecular flexibility index (Phi) is 6.25. The van der Waals surface area contributed by atoms with Gasteiger partial charge in [-0.15, -0.1) is 0 Å². The van der Waals surface area contributed by atoms with Gasteiger partial charge < -0.3 is 5.32 Å². The van der Waals surface area contributed by atoms with Gasteiger partial charge in [-0.3, -0.25) is 9.11 Å². The predicted octanol–water partition coefficient (Wildman–Crippen LogP) is 1.94. The summed E-state index contributed by atoms with van der Waals surface area (Å²) in [7, 11) is -4.69. The highest BCUT2D eigenvalue weighted by molar-refractivity contribution is 14.1. The summed E-state index contributed by atoms with van der Waals surface area (Å²) < 4.78 is 38.7. The number of nitrogens with zero attached hydrogens (tertiary/aromatic N) is 1. The Morgan fingerprint density at radius 1 is 1.21 bits per heavy atom. The van der Waals surface area contributed by atoms with Crippen molar-refractivity contribution in [3.8, 4) is 0 Å². The Labute approximate surface area is 188 Å². The maximum absolute atomic E-state index is 12.7. The van der Waals surface area contributed by atoms with Crippen LogP contribution in [0.4, 0.5) is 10.5 Å². The minimum Gasteiger partial charge on any atom is -0.307 e. The molecule has 1 fully saturated rings. The van der Waals surface area contributed by atoms with Crippen LogP contribution in [0.3, 0.4) is 0 Å². The van der Waals surface area contributed by atoms with Crippen LogP contribution in [0.5, 0.6) is 0 Å². The molecule has 3 unspecified atom stereocenters. The largest absolute Gasteiger partial charge is 0.332 e. The van der Waals surface area contributed by atoms with Gasteiger partial charge in [0.1, 0.15) is 5.25 Å². The second-order valence-electron chi connectivity index (χ2n) is 8.02. The molecule has 1 aromatic rings. The lowest BCUT2D eigenvalue weighted by Crippen LogP contribution is -2.63. The van der Waals surface area contributed by atoms with Gasteiger partial charge in [0.2, 0.25) is 10.0 Å². The van der Waals surface area contributed by atoms with Crippen LogP contribution < -0.4 is 10.0 Å². The van der Waals surface area contributed by atoms with Crippen LogP contribution in [0.1, 0.15) is 35.1 Å². The Morgan fingerprint density at radius 3 is 2.38 bits per heavy atom. The van der Waals surface area contributed by atoms with Crippen LogP contribution in [0, 0.1) is 0 Å². The van der Waals surface area contributed by atoms with Crippen molar-refractivity contribution >= 4 is 55.1 Å². The summed E-state index contributed by atoms with van der Waals surface area (Å²) in [5, 5.41) is 2.24. The van der Waals surface area contributed by atoms with Crippen molar-refractivity contribution < 1.29 is 17.4 Å². The standard InChI is InChI=1S/C19H26IN3O4S2/c1-28(25)9-8-23-11-16(18(23)20)29(26,27)22-19(24)21-17-14-6-2-4-12(14)10-13-5-3-7-15(13)17/h10,16,18H,2-9,11H2,1H3,(H2,21,22,24). The summed E-state index contributed by atoms with van der Waals surface area (Å²) in [6.45, 7) is 0.945. The van der Waals surface area contributed by atoms with Gasteiger partial charge in [0.05, 0.1) is 4.05 Å². The highest BCUT2D eigenvalue weighted by Gasteiger charge is 2.46. The number of hydrogen-bond acceptors (Lipinski definition) is 5. The van der Waals surface area contributed by atoms with Crippen LogP contribution >= 0.6 is 22.6 Å². The number of urea groups is 1. The molecule has 10 heteroatoms. The molecule has 160 valence electrons. The van der Waals surface area contributed by atoms with E-state index in [1.807, 2.05) is 4.90 Å². The van der Waals surface area contributed by atoms with Gasteiger partial charge in [0, 0.05) is 41.6 Å². The number of rotatable bonds is 6. The maximum Gasteiger partial charge on any atom is 0.332 e. The van der Waals surface area contributed by atoms with Gasteiger partial charge in [-0.25, -0.2) is 17.9 Å². The molecule has 1 saturated heterocycles. The van der Waals surface area contributed by atoms with Crippen LogP contribution in [0.25, 0.3) is 0 Å². The number of fused-ring (bicyclic) bond motifs is 2. The zero-order chi connectivity index (χ0) is 20.8. The first kappa shape index (κ1) is 21.5. The van der Waals surface area contributed by atoms with Gasteiger partial charge in [0.15, 0.2) is 0 Å². The number of carbonyl (C=O) groups excluding carboxylic acids is 1. The van der Waals surface area contributed by atoms with Crippen molar-refractivity contribution in [2.45, 2.75) is 47.8 Å². The van der Waals surface area contributed by atoms with Crippen molar-refractivity contribution in [1.29, 1.82) is 0 Å².